The molecule has 1 aromatic carbocycles. The summed E-state index contributed by atoms with van der Waals surface area (Å²) in [5, 5.41) is 5.97. The maximum absolute atomic E-state index is 12.7. The summed E-state index contributed by atoms with van der Waals surface area (Å²) >= 11 is 0. The van der Waals surface area contributed by atoms with Crippen molar-refractivity contribution in [2.24, 2.45) is 29.4 Å². The van der Waals surface area contributed by atoms with E-state index in [1.165, 1.54) is 6.42 Å². The third-order valence-corrected chi connectivity index (χ3v) is 6.13. The predicted molar refractivity (Wildman–Crippen MR) is 98.0 cm³/mol. The Hall–Kier alpha value is -1.88. The summed E-state index contributed by atoms with van der Waals surface area (Å²) in [6, 6.07) is 7.72. The van der Waals surface area contributed by atoms with Crippen molar-refractivity contribution in [3.05, 3.63) is 24.3 Å². The van der Waals surface area contributed by atoms with Crippen LogP contribution in [0.15, 0.2) is 24.3 Å². The first kappa shape index (κ1) is 16.6. The zero-order valence-corrected chi connectivity index (χ0v) is 14.5. The van der Waals surface area contributed by atoms with Gasteiger partial charge in [0.2, 0.25) is 11.8 Å². The lowest BCUT2D eigenvalue weighted by atomic mass is 9.65. The van der Waals surface area contributed by atoms with Crippen LogP contribution in [0, 0.1) is 23.7 Å². The normalized spacial score (nSPS) is 31.2. The van der Waals surface area contributed by atoms with Crippen LogP contribution in [0.25, 0.3) is 0 Å². The van der Waals surface area contributed by atoms with Crippen molar-refractivity contribution in [3.8, 4) is 0 Å². The topological polar surface area (TPSA) is 84.2 Å². The maximum Gasteiger partial charge on any atom is 0.227 e. The number of nitrogens with two attached hydrogens (primary N) is 1. The van der Waals surface area contributed by atoms with Crippen molar-refractivity contribution in [1.82, 2.24) is 0 Å². The highest BCUT2D eigenvalue weighted by Crippen LogP contribution is 2.42. The molecule has 0 radical (unpaired) electrons. The van der Waals surface area contributed by atoms with E-state index in [1.807, 2.05) is 24.3 Å². The van der Waals surface area contributed by atoms with Crippen molar-refractivity contribution in [2.45, 2.75) is 51.0 Å². The summed E-state index contributed by atoms with van der Waals surface area (Å²) in [5.74, 6) is 1.38. The molecule has 5 heteroatoms. The second kappa shape index (κ2) is 6.79. The number of carbonyl (C=O) groups is 2. The lowest BCUT2D eigenvalue weighted by Gasteiger charge is -2.43. The monoisotopic (exact) mass is 341 g/mol. The van der Waals surface area contributed by atoms with E-state index in [1.54, 1.807) is 0 Å². The number of nitrogens with one attached hydrogen (secondary N) is 2. The Balaban J connectivity index is 1.38. The molecule has 2 unspecified atom stereocenters. The van der Waals surface area contributed by atoms with Crippen LogP contribution in [0.1, 0.15) is 44.9 Å². The molecule has 0 aromatic heterocycles. The van der Waals surface area contributed by atoms with Gasteiger partial charge in [-0.15, -0.1) is 0 Å². The van der Waals surface area contributed by atoms with Gasteiger partial charge in [-0.05, 0) is 68.6 Å². The Morgan fingerprint density at radius 2 is 1.44 bits per heavy atom. The molecule has 5 nitrogen and oxygen atoms in total. The molecular formula is C20H27N3O2. The highest BCUT2D eigenvalue weighted by Gasteiger charge is 2.40. The van der Waals surface area contributed by atoms with Crippen LogP contribution in [0.3, 0.4) is 0 Å². The van der Waals surface area contributed by atoms with Gasteiger partial charge in [-0.1, -0.05) is 12.5 Å². The number of amides is 2. The highest BCUT2D eigenvalue weighted by atomic mass is 16.2. The lowest BCUT2D eigenvalue weighted by Crippen LogP contribution is -2.48. The van der Waals surface area contributed by atoms with Gasteiger partial charge in [-0.25, -0.2) is 0 Å². The summed E-state index contributed by atoms with van der Waals surface area (Å²) in [6.45, 7) is 0. The number of fused-ring (bicyclic) bond motifs is 2. The summed E-state index contributed by atoms with van der Waals surface area (Å²) in [6.07, 6.45) is 7.33. The van der Waals surface area contributed by atoms with Gasteiger partial charge in [-0.2, -0.15) is 0 Å². The Morgan fingerprint density at radius 1 is 0.880 bits per heavy atom. The standard InChI is InChI=1S/C20H27N3O2/c21-18-13-3-1-4-14(18)10-15(9-13)20(25)23-17-6-2-5-16(11-17)22-19(24)12-7-8-12/h2,5-6,11-15,18H,1,3-4,7-10,21H2,(H,22,24)(H,23,25). The van der Waals surface area contributed by atoms with E-state index >= 15 is 0 Å². The molecule has 3 fully saturated rings. The first-order valence-electron chi connectivity index (χ1n) is 9.57. The average molecular weight is 341 g/mol. The van der Waals surface area contributed by atoms with Gasteiger partial charge in [0.15, 0.2) is 0 Å². The Labute approximate surface area is 148 Å². The zero-order valence-electron chi connectivity index (χ0n) is 14.5. The van der Waals surface area contributed by atoms with E-state index in [0.717, 1.165) is 49.9 Å². The van der Waals surface area contributed by atoms with Crippen LogP contribution in [-0.4, -0.2) is 17.9 Å². The minimum atomic E-state index is 0.0554. The van der Waals surface area contributed by atoms with E-state index in [0.29, 0.717) is 11.8 Å². The molecule has 3 saturated carbocycles. The molecule has 0 saturated heterocycles. The van der Waals surface area contributed by atoms with Gasteiger partial charge < -0.3 is 16.4 Å². The third kappa shape index (κ3) is 3.71. The second-order valence-electron chi connectivity index (χ2n) is 8.03. The zero-order chi connectivity index (χ0) is 17.4. The Kier molecular flexibility index (Phi) is 4.50. The number of anilines is 2. The van der Waals surface area contributed by atoms with Gasteiger partial charge in [0.1, 0.15) is 0 Å². The van der Waals surface area contributed by atoms with Gasteiger partial charge in [0, 0.05) is 29.3 Å². The molecule has 1 aromatic rings. The van der Waals surface area contributed by atoms with Crippen molar-refractivity contribution in [1.29, 1.82) is 0 Å². The fourth-order valence-electron chi connectivity index (χ4n) is 4.51. The molecule has 0 spiro atoms. The van der Waals surface area contributed by atoms with Crippen LogP contribution in [0.5, 0.6) is 0 Å². The minimum Gasteiger partial charge on any atom is -0.327 e. The number of carbonyl (C=O) groups excluding carboxylic acids is 2. The minimum absolute atomic E-state index is 0.0554. The van der Waals surface area contributed by atoms with Crippen molar-refractivity contribution >= 4 is 23.2 Å². The molecule has 0 heterocycles. The van der Waals surface area contributed by atoms with Crippen LogP contribution < -0.4 is 16.4 Å². The van der Waals surface area contributed by atoms with Gasteiger partial charge in [-0.3, -0.25) is 9.59 Å². The Morgan fingerprint density at radius 3 is 2.00 bits per heavy atom. The summed E-state index contributed by atoms with van der Waals surface area (Å²) in [7, 11) is 0. The van der Waals surface area contributed by atoms with Crippen LogP contribution in [0.4, 0.5) is 11.4 Å². The lowest BCUT2D eigenvalue weighted by molar-refractivity contribution is -0.122. The van der Waals surface area contributed by atoms with E-state index in [2.05, 4.69) is 10.6 Å². The molecule has 2 amide bonds. The first-order valence-corrected chi connectivity index (χ1v) is 9.57. The highest BCUT2D eigenvalue weighted by molar-refractivity contribution is 5.96. The van der Waals surface area contributed by atoms with Crippen molar-refractivity contribution in [3.63, 3.8) is 0 Å². The molecule has 25 heavy (non-hydrogen) atoms. The van der Waals surface area contributed by atoms with Crippen LogP contribution in [-0.2, 0) is 9.59 Å². The second-order valence-corrected chi connectivity index (χ2v) is 8.03. The molecule has 3 aliphatic rings. The van der Waals surface area contributed by atoms with Gasteiger partial charge in [0.25, 0.3) is 0 Å². The van der Waals surface area contributed by atoms with Crippen molar-refractivity contribution in [2.75, 3.05) is 10.6 Å². The number of hydrogen-bond donors (Lipinski definition) is 3. The Bertz CT molecular complexity index is 657. The fraction of sp³-hybridized carbons (Fsp3) is 0.600. The largest absolute Gasteiger partial charge is 0.327 e. The van der Waals surface area contributed by atoms with E-state index in [4.69, 9.17) is 5.73 Å². The average Bonchev–Trinajstić information content (AvgIpc) is 3.39. The smallest absolute Gasteiger partial charge is 0.227 e. The molecule has 4 rings (SSSR count). The summed E-state index contributed by atoms with van der Waals surface area (Å²) in [4.78, 5) is 24.6. The molecule has 134 valence electrons. The fourth-order valence-corrected chi connectivity index (χ4v) is 4.51. The van der Waals surface area contributed by atoms with E-state index in [-0.39, 0.29) is 29.7 Å². The van der Waals surface area contributed by atoms with Crippen molar-refractivity contribution < 1.29 is 9.59 Å². The number of benzene rings is 1. The molecule has 2 bridgehead atoms. The van der Waals surface area contributed by atoms with Gasteiger partial charge >= 0.3 is 0 Å². The number of rotatable bonds is 4. The van der Waals surface area contributed by atoms with Crippen LogP contribution >= 0.6 is 0 Å². The summed E-state index contributed by atoms with van der Waals surface area (Å²) in [5.41, 5.74) is 7.82. The molecule has 2 atom stereocenters. The molecule has 4 N–H and O–H groups in total. The van der Waals surface area contributed by atoms with Gasteiger partial charge in [0.05, 0.1) is 0 Å². The predicted octanol–water partition coefficient (Wildman–Crippen LogP) is 3.13. The van der Waals surface area contributed by atoms with Crippen LogP contribution in [0.2, 0.25) is 0 Å². The summed E-state index contributed by atoms with van der Waals surface area (Å²) < 4.78 is 0. The molecule has 3 aliphatic carbocycles. The quantitative estimate of drug-likeness (QED) is 0.786. The first-order chi connectivity index (χ1) is 12.1. The maximum atomic E-state index is 12.7. The third-order valence-electron chi connectivity index (χ3n) is 6.13. The SMILES string of the molecule is NC1C2CCCC1CC(C(=O)Nc1cccc(NC(=O)C3CC3)c1)C2. The molecule has 0 aliphatic heterocycles. The number of hydrogen-bond acceptors (Lipinski definition) is 3. The molecular weight excluding hydrogens is 314 g/mol. The van der Waals surface area contributed by atoms with E-state index in [9.17, 15) is 9.59 Å². The van der Waals surface area contributed by atoms with E-state index < -0.39 is 0 Å².